The lowest BCUT2D eigenvalue weighted by atomic mass is 10.1. The number of H-pyrrole nitrogens is 1. The predicted octanol–water partition coefficient (Wildman–Crippen LogP) is 3.51. The highest BCUT2D eigenvalue weighted by molar-refractivity contribution is 6.36. The second kappa shape index (κ2) is 9.50. The molecule has 1 amide bonds. The SMILES string of the molecule is COc1cc(OCC(=O)NC(C)C)ccc1-c1nc(Cc2ccc3[nH]ncc3c2Cl)n(C)n1. The quantitative estimate of drug-likeness (QED) is 0.409. The van der Waals surface area contributed by atoms with E-state index in [4.69, 9.17) is 26.1 Å². The molecule has 0 spiro atoms. The van der Waals surface area contributed by atoms with Crippen LogP contribution in [-0.4, -0.2) is 50.6 Å². The summed E-state index contributed by atoms with van der Waals surface area (Å²) in [7, 11) is 3.41. The Labute approximate surface area is 196 Å². The summed E-state index contributed by atoms with van der Waals surface area (Å²) >= 11 is 6.57. The molecular formula is C23H25ClN6O3. The standard InChI is InChI=1S/C23H25ClN6O3/c1-13(2)26-21(31)12-33-15-6-7-16(19(10-15)32-4)23-27-20(30(3)29-23)9-14-5-8-18-17(22(14)24)11-25-28-18/h5-8,10-11,13H,9,12H2,1-4H3,(H,25,28)(H,26,31). The molecule has 2 N–H and O–H groups in total. The molecule has 2 heterocycles. The normalized spacial score (nSPS) is 11.2. The summed E-state index contributed by atoms with van der Waals surface area (Å²) in [5.41, 5.74) is 2.54. The number of halogens is 1. The van der Waals surface area contributed by atoms with Crippen LogP contribution in [0.15, 0.2) is 36.5 Å². The van der Waals surface area contributed by atoms with Gasteiger partial charge in [0.25, 0.3) is 5.91 Å². The summed E-state index contributed by atoms with van der Waals surface area (Å²) in [6.07, 6.45) is 2.22. The maximum atomic E-state index is 11.8. The highest BCUT2D eigenvalue weighted by Gasteiger charge is 2.17. The second-order valence-electron chi connectivity index (χ2n) is 7.89. The van der Waals surface area contributed by atoms with Crippen LogP contribution in [0.1, 0.15) is 25.2 Å². The second-order valence-corrected chi connectivity index (χ2v) is 8.27. The van der Waals surface area contributed by atoms with E-state index in [0.717, 1.165) is 27.9 Å². The maximum Gasteiger partial charge on any atom is 0.258 e. The van der Waals surface area contributed by atoms with Crippen molar-refractivity contribution in [2.75, 3.05) is 13.7 Å². The highest BCUT2D eigenvalue weighted by Crippen LogP contribution is 2.32. The van der Waals surface area contributed by atoms with E-state index in [2.05, 4.69) is 20.6 Å². The molecule has 0 radical (unpaired) electrons. The summed E-state index contributed by atoms with van der Waals surface area (Å²) in [6.45, 7) is 3.72. The molecule has 0 bridgehead atoms. The number of amides is 1. The Bertz CT molecular complexity index is 1300. The lowest BCUT2D eigenvalue weighted by Gasteiger charge is -2.11. The van der Waals surface area contributed by atoms with Crippen LogP contribution in [0.25, 0.3) is 22.3 Å². The molecule has 0 unspecified atom stereocenters. The Morgan fingerprint density at radius 1 is 1.27 bits per heavy atom. The van der Waals surface area contributed by atoms with Gasteiger partial charge in [-0.25, -0.2) is 4.98 Å². The zero-order valence-electron chi connectivity index (χ0n) is 18.8. The molecular weight excluding hydrogens is 444 g/mol. The molecule has 0 aliphatic carbocycles. The number of benzene rings is 2. The molecule has 10 heteroatoms. The van der Waals surface area contributed by atoms with Crippen LogP contribution in [-0.2, 0) is 18.3 Å². The van der Waals surface area contributed by atoms with Crippen molar-refractivity contribution in [3.05, 3.63) is 52.9 Å². The number of ether oxygens (including phenoxy) is 2. The first-order valence-electron chi connectivity index (χ1n) is 10.5. The fourth-order valence-corrected chi connectivity index (χ4v) is 3.76. The van der Waals surface area contributed by atoms with Gasteiger partial charge in [-0.1, -0.05) is 17.7 Å². The van der Waals surface area contributed by atoms with Gasteiger partial charge >= 0.3 is 0 Å². The van der Waals surface area contributed by atoms with Gasteiger partial charge in [-0.3, -0.25) is 14.6 Å². The van der Waals surface area contributed by atoms with E-state index in [1.165, 1.54) is 0 Å². The van der Waals surface area contributed by atoms with E-state index in [1.54, 1.807) is 30.1 Å². The number of rotatable bonds is 8. The smallest absolute Gasteiger partial charge is 0.258 e. The Morgan fingerprint density at radius 3 is 2.85 bits per heavy atom. The number of fused-ring (bicyclic) bond motifs is 1. The molecule has 0 atom stereocenters. The third-order valence-electron chi connectivity index (χ3n) is 5.07. The molecule has 172 valence electrons. The molecule has 33 heavy (non-hydrogen) atoms. The van der Waals surface area contributed by atoms with Crippen LogP contribution in [0.5, 0.6) is 11.5 Å². The van der Waals surface area contributed by atoms with Crippen LogP contribution in [0.2, 0.25) is 5.02 Å². The van der Waals surface area contributed by atoms with Crippen LogP contribution in [0.3, 0.4) is 0 Å². The maximum absolute atomic E-state index is 11.8. The van der Waals surface area contributed by atoms with E-state index in [1.807, 2.05) is 39.1 Å². The fourth-order valence-electron chi connectivity index (χ4n) is 3.48. The number of aryl methyl sites for hydroxylation is 1. The Morgan fingerprint density at radius 2 is 2.09 bits per heavy atom. The number of methoxy groups -OCH3 is 1. The van der Waals surface area contributed by atoms with E-state index in [0.29, 0.717) is 28.8 Å². The lowest BCUT2D eigenvalue weighted by Crippen LogP contribution is -2.34. The van der Waals surface area contributed by atoms with Crippen LogP contribution < -0.4 is 14.8 Å². The summed E-state index contributed by atoms with van der Waals surface area (Å²) in [5.74, 6) is 2.16. The number of hydrogen-bond donors (Lipinski definition) is 2. The summed E-state index contributed by atoms with van der Waals surface area (Å²) in [4.78, 5) is 16.6. The van der Waals surface area contributed by atoms with Crippen molar-refractivity contribution in [2.45, 2.75) is 26.3 Å². The molecule has 4 rings (SSSR count). The number of carbonyl (C=O) groups excluding carboxylic acids is 1. The van der Waals surface area contributed by atoms with Crippen molar-refractivity contribution in [1.82, 2.24) is 30.3 Å². The number of aromatic amines is 1. The van der Waals surface area contributed by atoms with E-state index in [-0.39, 0.29) is 18.6 Å². The largest absolute Gasteiger partial charge is 0.496 e. The van der Waals surface area contributed by atoms with Gasteiger partial charge in [0, 0.05) is 31.0 Å². The zero-order valence-corrected chi connectivity index (χ0v) is 19.6. The van der Waals surface area contributed by atoms with Crippen molar-refractivity contribution in [3.63, 3.8) is 0 Å². The Hall–Kier alpha value is -3.59. The first-order chi connectivity index (χ1) is 15.9. The number of carbonyl (C=O) groups is 1. The van der Waals surface area contributed by atoms with Crippen LogP contribution >= 0.6 is 11.6 Å². The zero-order chi connectivity index (χ0) is 23.5. The number of aromatic nitrogens is 5. The van der Waals surface area contributed by atoms with Crippen LogP contribution in [0.4, 0.5) is 0 Å². The van der Waals surface area contributed by atoms with Crippen molar-refractivity contribution >= 4 is 28.4 Å². The van der Waals surface area contributed by atoms with Crippen molar-refractivity contribution in [3.8, 4) is 22.9 Å². The molecule has 0 aliphatic rings. The van der Waals surface area contributed by atoms with Gasteiger partial charge < -0.3 is 14.8 Å². The average Bonchev–Trinajstić information content (AvgIpc) is 3.40. The number of hydrogen-bond acceptors (Lipinski definition) is 6. The third kappa shape index (κ3) is 4.93. The Kier molecular flexibility index (Phi) is 6.50. The number of nitrogens with one attached hydrogen (secondary N) is 2. The average molecular weight is 469 g/mol. The fraction of sp³-hybridized carbons (Fsp3) is 0.304. The summed E-state index contributed by atoms with van der Waals surface area (Å²) < 4.78 is 12.9. The minimum Gasteiger partial charge on any atom is -0.496 e. The molecule has 0 saturated carbocycles. The van der Waals surface area contributed by atoms with Crippen molar-refractivity contribution < 1.29 is 14.3 Å². The first kappa shape index (κ1) is 22.6. The molecule has 9 nitrogen and oxygen atoms in total. The van der Waals surface area contributed by atoms with Gasteiger partial charge in [-0.05, 0) is 37.6 Å². The van der Waals surface area contributed by atoms with E-state index in [9.17, 15) is 4.79 Å². The highest BCUT2D eigenvalue weighted by atomic mass is 35.5. The van der Waals surface area contributed by atoms with Gasteiger partial charge in [0.1, 0.15) is 17.3 Å². The monoisotopic (exact) mass is 468 g/mol. The molecule has 4 aromatic rings. The first-order valence-corrected chi connectivity index (χ1v) is 10.8. The molecule has 0 saturated heterocycles. The van der Waals surface area contributed by atoms with Crippen LogP contribution in [0, 0.1) is 0 Å². The summed E-state index contributed by atoms with van der Waals surface area (Å²) in [5, 5.41) is 15.8. The molecule has 0 fully saturated rings. The van der Waals surface area contributed by atoms with Gasteiger partial charge in [0.2, 0.25) is 0 Å². The van der Waals surface area contributed by atoms with Gasteiger partial charge in [0.15, 0.2) is 12.4 Å². The minimum absolute atomic E-state index is 0.0546. The summed E-state index contributed by atoms with van der Waals surface area (Å²) in [6, 6.07) is 9.26. The number of nitrogens with zero attached hydrogens (tertiary/aromatic N) is 4. The van der Waals surface area contributed by atoms with Crippen molar-refractivity contribution in [2.24, 2.45) is 7.05 Å². The molecule has 0 aliphatic heterocycles. The topological polar surface area (TPSA) is 107 Å². The molecule has 2 aromatic carbocycles. The third-order valence-corrected chi connectivity index (χ3v) is 5.52. The Balaban J connectivity index is 1.55. The van der Waals surface area contributed by atoms with Gasteiger partial charge in [-0.2, -0.15) is 10.2 Å². The minimum atomic E-state index is -0.184. The van der Waals surface area contributed by atoms with Gasteiger partial charge in [0.05, 0.1) is 29.4 Å². The van der Waals surface area contributed by atoms with E-state index >= 15 is 0 Å². The van der Waals surface area contributed by atoms with E-state index < -0.39 is 0 Å². The predicted molar refractivity (Wildman–Crippen MR) is 126 cm³/mol. The lowest BCUT2D eigenvalue weighted by molar-refractivity contribution is -0.123. The van der Waals surface area contributed by atoms with Crippen molar-refractivity contribution in [1.29, 1.82) is 0 Å². The molecule has 2 aromatic heterocycles. The van der Waals surface area contributed by atoms with Gasteiger partial charge in [-0.15, -0.1) is 0 Å².